The number of amides is 3. The number of rotatable bonds is 8. The lowest BCUT2D eigenvalue weighted by atomic mass is 10.1. The lowest BCUT2D eigenvalue weighted by molar-refractivity contribution is -0.141. The number of piperidine rings is 1. The fraction of sp³-hybridized carbons (Fsp3) is 0.450. The average molecular weight is 435 g/mol. The minimum atomic E-state index is -0.919. The van der Waals surface area contributed by atoms with Crippen LogP contribution >= 0.6 is 11.6 Å². The Morgan fingerprint density at radius 1 is 1.30 bits per heavy atom. The Balaban J connectivity index is 1.66. The van der Waals surface area contributed by atoms with Crippen LogP contribution in [0.5, 0.6) is 0 Å². The summed E-state index contributed by atoms with van der Waals surface area (Å²) in [4.78, 5) is 61.2. The maximum absolute atomic E-state index is 13.0. The maximum atomic E-state index is 13.0. The van der Waals surface area contributed by atoms with Crippen LogP contribution < -0.4 is 16.4 Å². The Morgan fingerprint density at radius 2 is 2.03 bits per heavy atom. The number of nitrogen functional groups attached to an aromatic ring is 1. The van der Waals surface area contributed by atoms with Gasteiger partial charge in [0.15, 0.2) is 0 Å². The van der Waals surface area contributed by atoms with Gasteiger partial charge < -0.3 is 30.9 Å². The van der Waals surface area contributed by atoms with E-state index in [9.17, 15) is 24.0 Å². The maximum Gasteiger partial charge on any atom is 0.251 e. The number of likely N-dealkylation sites (tertiary alicyclic amines) is 1. The monoisotopic (exact) mass is 434 g/mol. The number of anilines is 1. The molecule has 3 unspecified atom stereocenters. The van der Waals surface area contributed by atoms with Gasteiger partial charge in [0, 0.05) is 18.5 Å². The first-order valence-corrected chi connectivity index (χ1v) is 10.00. The normalized spacial score (nSPS) is 23.7. The van der Waals surface area contributed by atoms with E-state index in [4.69, 9.17) is 17.3 Å². The van der Waals surface area contributed by atoms with Gasteiger partial charge in [-0.25, -0.2) is 0 Å². The van der Waals surface area contributed by atoms with Crippen LogP contribution in [0.2, 0.25) is 5.02 Å². The summed E-state index contributed by atoms with van der Waals surface area (Å²) in [7, 11) is 0. The van der Waals surface area contributed by atoms with Gasteiger partial charge in [-0.1, -0.05) is 11.6 Å². The lowest BCUT2D eigenvalue weighted by Gasteiger charge is -2.30. The Morgan fingerprint density at radius 3 is 2.67 bits per heavy atom. The van der Waals surface area contributed by atoms with Crippen molar-refractivity contribution >= 4 is 47.6 Å². The van der Waals surface area contributed by atoms with Gasteiger partial charge in [-0.15, -0.1) is 0 Å². The summed E-state index contributed by atoms with van der Waals surface area (Å²) in [5.41, 5.74) is 6.24. The van der Waals surface area contributed by atoms with Crippen molar-refractivity contribution in [3.8, 4) is 0 Å². The fourth-order valence-electron chi connectivity index (χ4n) is 3.81. The highest BCUT2D eigenvalue weighted by molar-refractivity contribution is 6.33. The number of benzene rings is 1. The third-order valence-corrected chi connectivity index (χ3v) is 5.85. The fourth-order valence-corrected chi connectivity index (χ4v) is 3.99. The van der Waals surface area contributed by atoms with Crippen LogP contribution in [-0.4, -0.2) is 59.9 Å². The van der Waals surface area contributed by atoms with Gasteiger partial charge in [0.25, 0.3) is 5.91 Å². The van der Waals surface area contributed by atoms with Crippen molar-refractivity contribution < 1.29 is 24.0 Å². The van der Waals surface area contributed by atoms with Crippen molar-refractivity contribution in [1.82, 2.24) is 15.5 Å². The van der Waals surface area contributed by atoms with E-state index in [-0.39, 0.29) is 28.8 Å². The van der Waals surface area contributed by atoms with E-state index in [1.165, 1.54) is 23.1 Å². The molecule has 1 saturated heterocycles. The summed E-state index contributed by atoms with van der Waals surface area (Å²) in [6, 6.07) is 1.90. The number of hydrogen-bond acceptors (Lipinski definition) is 6. The first-order chi connectivity index (χ1) is 14.3. The molecule has 0 spiro atoms. The average Bonchev–Trinajstić information content (AvgIpc) is 3.38. The number of halogens is 1. The number of carbonyl (C=O) groups excluding carboxylic acids is 5. The zero-order valence-electron chi connectivity index (χ0n) is 16.3. The summed E-state index contributed by atoms with van der Waals surface area (Å²) < 4.78 is 0. The third-order valence-electron chi connectivity index (χ3n) is 5.52. The summed E-state index contributed by atoms with van der Waals surface area (Å²) in [5, 5.41) is 5.37. The number of carbonyl (C=O) groups is 5. The molecular formula is C20H23ClN4O5. The van der Waals surface area contributed by atoms with E-state index in [2.05, 4.69) is 10.6 Å². The van der Waals surface area contributed by atoms with Crippen LogP contribution in [0, 0.1) is 11.8 Å². The molecule has 1 aliphatic carbocycles. The van der Waals surface area contributed by atoms with E-state index in [1.54, 1.807) is 6.92 Å². The lowest BCUT2D eigenvalue weighted by Crippen LogP contribution is -2.55. The van der Waals surface area contributed by atoms with Crippen LogP contribution in [0.3, 0.4) is 0 Å². The van der Waals surface area contributed by atoms with Crippen LogP contribution in [0.25, 0.3) is 0 Å². The molecule has 5 atom stereocenters. The molecule has 0 radical (unpaired) electrons. The predicted octanol–water partition coefficient (Wildman–Crippen LogP) is 0.160. The summed E-state index contributed by atoms with van der Waals surface area (Å²) >= 11 is 5.94. The van der Waals surface area contributed by atoms with E-state index in [0.29, 0.717) is 24.8 Å². The Hall–Kier alpha value is -2.94. The highest BCUT2D eigenvalue weighted by atomic mass is 35.5. The van der Waals surface area contributed by atoms with E-state index >= 15 is 0 Å². The highest BCUT2D eigenvalue weighted by Gasteiger charge is 2.57. The predicted molar refractivity (Wildman–Crippen MR) is 109 cm³/mol. The van der Waals surface area contributed by atoms with Crippen LogP contribution in [-0.2, 0) is 19.2 Å². The van der Waals surface area contributed by atoms with Crippen molar-refractivity contribution in [2.75, 3.05) is 12.3 Å². The van der Waals surface area contributed by atoms with Gasteiger partial charge >= 0.3 is 0 Å². The zero-order valence-corrected chi connectivity index (χ0v) is 17.1. The molecule has 1 saturated carbocycles. The molecule has 3 amide bonds. The van der Waals surface area contributed by atoms with Crippen LogP contribution in [0.1, 0.15) is 30.1 Å². The number of nitrogens with one attached hydrogen (secondary N) is 2. The molecular weight excluding hydrogens is 412 g/mol. The number of hydrogen-bond donors (Lipinski definition) is 3. The topological polar surface area (TPSA) is 139 Å². The Bertz CT molecular complexity index is 892. The van der Waals surface area contributed by atoms with Gasteiger partial charge in [-0.3, -0.25) is 14.4 Å². The molecule has 1 aliphatic heterocycles. The van der Waals surface area contributed by atoms with Crippen LogP contribution in [0.4, 0.5) is 5.69 Å². The van der Waals surface area contributed by atoms with Crippen molar-refractivity contribution in [3.05, 3.63) is 28.8 Å². The molecule has 4 N–H and O–H groups in total. The van der Waals surface area contributed by atoms with E-state index < -0.39 is 35.8 Å². The smallest absolute Gasteiger partial charge is 0.251 e. The van der Waals surface area contributed by atoms with Crippen molar-refractivity contribution in [2.24, 2.45) is 11.8 Å². The van der Waals surface area contributed by atoms with Crippen molar-refractivity contribution in [1.29, 1.82) is 0 Å². The number of nitrogens with two attached hydrogens (primary N) is 1. The summed E-state index contributed by atoms with van der Waals surface area (Å²) in [6.07, 6.45) is 1.75. The first-order valence-electron chi connectivity index (χ1n) is 9.62. The van der Waals surface area contributed by atoms with Gasteiger partial charge in [0.2, 0.25) is 11.8 Å². The summed E-state index contributed by atoms with van der Waals surface area (Å²) in [6.45, 7) is 1.95. The number of fused-ring (bicyclic) bond motifs is 1. The molecule has 2 fully saturated rings. The van der Waals surface area contributed by atoms with Gasteiger partial charge in [-0.05, 0) is 43.4 Å². The molecule has 0 aromatic heterocycles. The minimum absolute atomic E-state index is 0.0243. The Kier molecular flexibility index (Phi) is 6.40. The standard InChI is InChI=1S/C20H23ClN4O5/c1-10(23-18(28)11-2-3-16(22)15(21)7-11)20(30)25-8-12-6-14(12)17(25)19(29)24-13(9-27)4-5-26/h2-3,5,7,9-10,12-14,17H,4,6,8,22H2,1H3,(H,23,28)(H,24,29)/t10?,12-,13?,14-,17?/m1/s1. The SMILES string of the molecule is CC(NC(=O)c1ccc(N)c(Cl)c1)C(=O)N1C[C@H]2C[C@H]2C1C(=O)NC(C=O)CC=O. The molecule has 3 rings (SSSR count). The second-order valence-electron chi connectivity index (χ2n) is 7.68. The Labute approximate surface area is 178 Å². The number of aldehydes is 2. The molecule has 30 heavy (non-hydrogen) atoms. The first kappa shape index (κ1) is 21.8. The van der Waals surface area contributed by atoms with E-state index in [0.717, 1.165) is 6.42 Å². The second kappa shape index (κ2) is 8.83. The van der Waals surface area contributed by atoms with Crippen molar-refractivity contribution in [3.63, 3.8) is 0 Å². The molecule has 10 heteroatoms. The molecule has 160 valence electrons. The van der Waals surface area contributed by atoms with Crippen LogP contribution in [0.15, 0.2) is 18.2 Å². The molecule has 2 aliphatic rings. The molecule has 1 aromatic rings. The molecule has 1 heterocycles. The number of nitrogens with zero attached hydrogens (tertiary/aromatic N) is 1. The quantitative estimate of drug-likeness (QED) is 0.393. The highest BCUT2D eigenvalue weighted by Crippen LogP contribution is 2.49. The molecule has 1 aromatic carbocycles. The van der Waals surface area contributed by atoms with Crippen molar-refractivity contribution in [2.45, 2.75) is 37.9 Å². The minimum Gasteiger partial charge on any atom is -0.398 e. The van der Waals surface area contributed by atoms with Gasteiger partial charge in [0.1, 0.15) is 24.7 Å². The molecule has 0 bridgehead atoms. The zero-order chi connectivity index (χ0) is 22.0. The molecule has 9 nitrogen and oxygen atoms in total. The van der Waals surface area contributed by atoms with E-state index in [1.807, 2.05) is 0 Å². The largest absolute Gasteiger partial charge is 0.398 e. The third kappa shape index (κ3) is 4.46. The summed E-state index contributed by atoms with van der Waals surface area (Å²) in [5.74, 6) is -1.10. The van der Waals surface area contributed by atoms with Gasteiger partial charge in [-0.2, -0.15) is 0 Å². The second-order valence-corrected chi connectivity index (χ2v) is 8.09. The van der Waals surface area contributed by atoms with Gasteiger partial charge in [0.05, 0.1) is 16.8 Å².